The average Bonchev–Trinajstić information content (AvgIpc) is 2.92. The minimum Gasteiger partial charge on any atom is -0.423 e. The van der Waals surface area contributed by atoms with Gasteiger partial charge in [0.1, 0.15) is 0 Å². The van der Waals surface area contributed by atoms with Gasteiger partial charge in [0.15, 0.2) is 0 Å². The molecule has 3 aromatic rings. The van der Waals surface area contributed by atoms with Crippen LogP contribution in [0.1, 0.15) is 38.8 Å². The van der Waals surface area contributed by atoms with Gasteiger partial charge in [-0.2, -0.15) is 0 Å². The van der Waals surface area contributed by atoms with Gasteiger partial charge in [-0.1, -0.05) is 113 Å². The molecule has 0 saturated heterocycles. The Kier molecular flexibility index (Phi) is 11.6. The van der Waals surface area contributed by atoms with E-state index in [4.69, 9.17) is 18.8 Å². The van der Waals surface area contributed by atoms with E-state index >= 15 is 0 Å². The van der Waals surface area contributed by atoms with Crippen LogP contribution in [0, 0.1) is 0 Å². The third-order valence-electron chi connectivity index (χ3n) is 6.54. The highest BCUT2D eigenvalue weighted by Gasteiger charge is 2.25. The summed E-state index contributed by atoms with van der Waals surface area (Å²) in [6.07, 6.45) is 0. The molecular weight excluding hydrogens is 478 g/mol. The van der Waals surface area contributed by atoms with Crippen LogP contribution in [0.15, 0.2) is 84.9 Å². The summed E-state index contributed by atoms with van der Waals surface area (Å²) < 4.78 is 24.0. The summed E-state index contributed by atoms with van der Waals surface area (Å²) in [5.41, 5.74) is 3.42. The van der Waals surface area contributed by atoms with Crippen LogP contribution >= 0.6 is 0 Å². The third kappa shape index (κ3) is 9.38. The zero-order valence-electron chi connectivity index (χ0n) is 23.0. The van der Waals surface area contributed by atoms with Gasteiger partial charge in [0.2, 0.25) is 0 Å². The van der Waals surface area contributed by atoms with Crippen LogP contribution in [0.2, 0.25) is 0 Å². The number of ether oxygens (including phenoxy) is 2. The molecule has 0 unspecified atom stereocenters. The van der Waals surface area contributed by atoms with E-state index in [9.17, 15) is 10.0 Å². The molecule has 0 aliphatic carbocycles. The van der Waals surface area contributed by atoms with Gasteiger partial charge < -0.3 is 28.8 Å². The molecule has 0 fully saturated rings. The van der Waals surface area contributed by atoms with Crippen molar-refractivity contribution in [3.05, 3.63) is 96.1 Å². The molecule has 0 aliphatic rings. The van der Waals surface area contributed by atoms with Crippen molar-refractivity contribution in [2.24, 2.45) is 0 Å². The molecule has 2 N–H and O–H groups in total. The zero-order chi connectivity index (χ0) is 27.4. The van der Waals surface area contributed by atoms with E-state index in [1.54, 1.807) is 24.3 Å². The second-order valence-corrected chi connectivity index (χ2v) is 10.7. The maximum atomic E-state index is 9.41. The molecule has 0 heterocycles. The summed E-state index contributed by atoms with van der Waals surface area (Å²) >= 11 is 0. The number of benzene rings is 3. The SMILES string of the molecule is CC(C)(COCCOB(OCCOCC(C)(C)c1ccccc1)c1ccc(B(O)O)cc1)c1ccccc1. The summed E-state index contributed by atoms with van der Waals surface area (Å²) in [6, 6.07) is 27.5. The van der Waals surface area contributed by atoms with Crippen LogP contribution in [-0.4, -0.2) is 63.9 Å². The first-order valence-corrected chi connectivity index (χ1v) is 13.1. The number of rotatable bonds is 16. The van der Waals surface area contributed by atoms with E-state index in [0.717, 1.165) is 5.46 Å². The fourth-order valence-electron chi connectivity index (χ4n) is 4.09. The molecule has 6 nitrogen and oxygen atoms in total. The first-order chi connectivity index (χ1) is 18.2. The standard InChI is InChI=1S/C30H40B2O6/c1-29(2,25-11-7-5-8-12-25)23-35-19-21-37-32(28-17-15-27(16-18-28)31(33)34)38-22-20-36-24-30(3,4)26-13-9-6-10-14-26/h5-18,33-34H,19-24H2,1-4H3. The van der Waals surface area contributed by atoms with Crippen LogP contribution < -0.4 is 10.9 Å². The third-order valence-corrected chi connectivity index (χ3v) is 6.54. The number of hydrogen-bond donors (Lipinski definition) is 2. The fraction of sp³-hybridized carbons (Fsp3) is 0.400. The van der Waals surface area contributed by atoms with E-state index in [1.807, 2.05) is 36.4 Å². The highest BCUT2D eigenvalue weighted by molar-refractivity contribution is 6.62. The molecule has 0 bridgehead atoms. The van der Waals surface area contributed by atoms with Crippen molar-refractivity contribution in [3.8, 4) is 0 Å². The molecule has 0 amide bonds. The van der Waals surface area contributed by atoms with Crippen molar-refractivity contribution in [2.75, 3.05) is 39.6 Å². The Bertz CT molecular complexity index is 998. The Morgan fingerprint density at radius 2 is 0.947 bits per heavy atom. The molecule has 0 atom stereocenters. The maximum Gasteiger partial charge on any atom is 0.494 e. The monoisotopic (exact) mass is 518 g/mol. The predicted octanol–water partition coefficient (Wildman–Crippen LogP) is 3.08. The van der Waals surface area contributed by atoms with Crippen molar-refractivity contribution >= 4 is 25.2 Å². The van der Waals surface area contributed by atoms with Crippen molar-refractivity contribution in [3.63, 3.8) is 0 Å². The Balaban J connectivity index is 1.48. The number of hydrogen-bond acceptors (Lipinski definition) is 6. The lowest BCUT2D eigenvalue weighted by molar-refractivity contribution is 0.0487. The molecule has 0 saturated carbocycles. The topological polar surface area (TPSA) is 77.4 Å². The molecule has 38 heavy (non-hydrogen) atoms. The minimum absolute atomic E-state index is 0.108. The highest BCUT2D eigenvalue weighted by Crippen LogP contribution is 2.23. The van der Waals surface area contributed by atoms with Gasteiger partial charge in [0, 0.05) is 10.8 Å². The predicted molar refractivity (Wildman–Crippen MR) is 154 cm³/mol. The fourth-order valence-corrected chi connectivity index (χ4v) is 4.09. The van der Waals surface area contributed by atoms with Gasteiger partial charge in [-0.25, -0.2) is 0 Å². The van der Waals surface area contributed by atoms with Crippen LogP contribution in [0.4, 0.5) is 0 Å². The Labute approximate surface area is 228 Å². The summed E-state index contributed by atoms with van der Waals surface area (Å²) in [5, 5.41) is 18.8. The van der Waals surface area contributed by atoms with Gasteiger partial charge in [0.25, 0.3) is 0 Å². The molecule has 0 radical (unpaired) electrons. The van der Waals surface area contributed by atoms with E-state index in [2.05, 4.69) is 52.0 Å². The van der Waals surface area contributed by atoms with Crippen LogP contribution in [0.3, 0.4) is 0 Å². The summed E-state index contributed by atoms with van der Waals surface area (Å²) in [7, 11) is -2.15. The Hall–Kier alpha value is -2.45. The molecule has 0 spiro atoms. The summed E-state index contributed by atoms with van der Waals surface area (Å²) in [5.74, 6) is 0. The van der Waals surface area contributed by atoms with Crippen molar-refractivity contribution in [1.82, 2.24) is 0 Å². The zero-order valence-corrected chi connectivity index (χ0v) is 23.0. The second-order valence-electron chi connectivity index (χ2n) is 10.7. The molecular formula is C30H40B2O6. The molecule has 3 aromatic carbocycles. The van der Waals surface area contributed by atoms with E-state index in [-0.39, 0.29) is 10.8 Å². The van der Waals surface area contributed by atoms with Crippen molar-refractivity contribution in [1.29, 1.82) is 0 Å². The maximum absolute atomic E-state index is 9.41. The molecule has 8 heteroatoms. The van der Waals surface area contributed by atoms with E-state index < -0.39 is 14.2 Å². The largest absolute Gasteiger partial charge is 0.494 e. The average molecular weight is 518 g/mol. The highest BCUT2D eigenvalue weighted by atomic mass is 16.6. The van der Waals surface area contributed by atoms with Crippen LogP contribution in [0.25, 0.3) is 0 Å². The van der Waals surface area contributed by atoms with Gasteiger partial charge in [0.05, 0.1) is 39.6 Å². The second kappa shape index (κ2) is 14.6. The first kappa shape index (κ1) is 30.1. The van der Waals surface area contributed by atoms with Gasteiger partial charge >= 0.3 is 14.2 Å². The molecule has 202 valence electrons. The first-order valence-electron chi connectivity index (χ1n) is 13.1. The Morgan fingerprint density at radius 1 is 0.553 bits per heavy atom. The van der Waals surface area contributed by atoms with Gasteiger partial charge in [-0.3, -0.25) is 0 Å². The van der Waals surface area contributed by atoms with Crippen LogP contribution in [-0.2, 0) is 29.6 Å². The van der Waals surface area contributed by atoms with Crippen molar-refractivity contribution in [2.45, 2.75) is 38.5 Å². The molecule has 0 aliphatic heterocycles. The van der Waals surface area contributed by atoms with Gasteiger partial charge in [-0.15, -0.1) is 0 Å². The Morgan fingerprint density at radius 3 is 1.34 bits per heavy atom. The van der Waals surface area contributed by atoms with Gasteiger partial charge in [-0.05, 0) is 22.1 Å². The summed E-state index contributed by atoms with van der Waals surface area (Å²) in [6.45, 7) is 11.3. The lowest BCUT2D eigenvalue weighted by Crippen LogP contribution is -2.40. The normalized spacial score (nSPS) is 11.9. The minimum atomic E-state index is -1.52. The quantitative estimate of drug-likeness (QED) is 0.224. The molecule has 3 rings (SSSR count). The van der Waals surface area contributed by atoms with Crippen molar-refractivity contribution < 1.29 is 28.8 Å². The molecule has 0 aromatic heterocycles. The summed E-state index contributed by atoms with van der Waals surface area (Å²) in [4.78, 5) is 0. The lowest BCUT2D eigenvalue weighted by atomic mass is 9.74. The van der Waals surface area contributed by atoms with E-state index in [0.29, 0.717) is 45.1 Å². The van der Waals surface area contributed by atoms with E-state index in [1.165, 1.54) is 11.1 Å². The lowest BCUT2D eigenvalue weighted by Gasteiger charge is -2.25. The smallest absolute Gasteiger partial charge is 0.423 e. The van der Waals surface area contributed by atoms with Crippen LogP contribution in [0.5, 0.6) is 0 Å².